The molecule has 1 aliphatic heterocycles. The van der Waals surface area contributed by atoms with Crippen LogP contribution >= 0.6 is 0 Å². The molecule has 1 saturated heterocycles. The molecular weight excluding hydrogens is 320 g/mol. The smallest absolute Gasteiger partial charge is 0.308 e. The number of amides is 2. The normalized spacial score (nSPS) is 21.2. The summed E-state index contributed by atoms with van der Waals surface area (Å²) in [5, 5.41) is 9.13. The van der Waals surface area contributed by atoms with E-state index >= 15 is 0 Å². The maximum Gasteiger partial charge on any atom is 0.308 e. The highest BCUT2D eigenvalue weighted by Gasteiger charge is 2.41. The summed E-state index contributed by atoms with van der Waals surface area (Å²) < 4.78 is 0. The summed E-state index contributed by atoms with van der Waals surface area (Å²) >= 11 is 0. The largest absolute Gasteiger partial charge is 0.481 e. The van der Waals surface area contributed by atoms with Crippen molar-refractivity contribution < 1.29 is 19.5 Å². The molecule has 0 spiro atoms. The first-order valence-corrected chi connectivity index (χ1v) is 8.80. The van der Waals surface area contributed by atoms with Crippen molar-refractivity contribution in [3.05, 3.63) is 35.9 Å². The zero-order valence-corrected chi connectivity index (χ0v) is 14.4. The van der Waals surface area contributed by atoms with Gasteiger partial charge in [-0.1, -0.05) is 37.3 Å². The Kier molecular flexibility index (Phi) is 5.06. The SMILES string of the molecule is CC(CN(C(=O)C1CC(=O)N(Cc2ccccc2)C1)C1CC1)C(=O)O. The number of likely N-dealkylation sites (tertiary alicyclic amines) is 1. The Labute approximate surface area is 147 Å². The second-order valence-corrected chi connectivity index (χ2v) is 7.12. The Balaban J connectivity index is 1.63. The molecule has 2 unspecified atom stereocenters. The number of benzene rings is 1. The molecule has 1 aromatic carbocycles. The van der Waals surface area contributed by atoms with E-state index in [1.165, 1.54) is 0 Å². The van der Waals surface area contributed by atoms with Gasteiger partial charge in [0.15, 0.2) is 0 Å². The van der Waals surface area contributed by atoms with Crippen molar-refractivity contribution in [1.82, 2.24) is 9.80 Å². The quantitative estimate of drug-likeness (QED) is 0.817. The van der Waals surface area contributed by atoms with Gasteiger partial charge in [0.25, 0.3) is 0 Å². The molecule has 2 aliphatic rings. The number of aliphatic carboxylic acids is 1. The lowest BCUT2D eigenvalue weighted by molar-refractivity contribution is -0.144. The molecule has 6 nitrogen and oxygen atoms in total. The molecule has 0 bridgehead atoms. The maximum atomic E-state index is 12.9. The van der Waals surface area contributed by atoms with Gasteiger partial charge in [-0.15, -0.1) is 0 Å². The molecule has 1 N–H and O–H groups in total. The van der Waals surface area contributed by atoms with Crippen molar-refractivity contribution in [2.75, 3.05) is 13.1 Å². The molecule has 3 rings (SSSR count). The van der Waals surface area contributed by atoms with Gasteiger partial charge < -0.3 is 14.9 Å². The second kappa shape index (κ2) is 7.25. The molecule has 2 amide bonds. The van der Waals surface area contributed by atoms with Gasteiger partial charge in [0, 0.05) is 32.1 Å². The third-order valence-electron chi connectivity index (χ3n) is 4.94. The van der Waals surface area contributed by atoms with Crippen molar-refractivity contribution in [3.63, 3.8) is 0 Å². The lowest BCUT2D eigenvalue weighted by Crippen LogP contribution is -2.42. The maximum absolute atomic E-state index is 12.9. The fourth-order valence-corrected chi connectivity index (χ4v) is 3.31. The zero-order valence-electron chi connectivity index (χ0n) is 14.4. The van der Waals surface area contributed by atoms with E-state index in [0.717, 1.165) is 18.4 Å². The number of nitrogens with zero attached hydrogens (tertiary/aromatic N) is 2. The molecule has 134 valence electrons. The van der Waals surface area contributed by atoms with Crippen molar-refractivity contribution in [1.29, 1.82) is 0 Å². The summed E-state index contributed by atoms with van der Waals surface area (Å²) in [6, 6.07) is 9.87. The summed E-state index contributed by atoms with van der Waals surface area (Å²) in [5.74, 6) is -1.93. The first kappa shape index (κ1) is 17.5. The van der Waals surface area contributed by atoms with Crippen LogP contribution in [0.3, 0.4) is 0 Å². The van der Waals surface area contributed by atoms with E-state index in [0.29, 0.717) is 13.1 Å². The number of carboxylic acid groups (broad SMARTS) is 1. The predicted molar refractivity (Wildman–Crippen MR) is 91.5 cm³/mol. The molecule has 1 aromatic rings. The van der Waals surface area contributed by atoms with E-state index < -0.39 is 11.9 Å². The zero-order chi connectivity index (χ0) is 18.0. The topological polar surface area (TPSA) is 77.9 Å². The molecule has 0 radical (unpaired) electrons. The van der Waals surface area contributed by atoms with E-state index in [9.17, 15) is 14.4 Å². The van der Waals surface area contributed by atoms with Crippen molar-refractivity contribution in [2.45, 2.75) is 38.8 Å². The third-order valence-corrected chi connectivity index (χ3v) is 4.94. The number of carbonyl (C=O) groups excluding carboxylic acids is 2. The van der Waals surface area contributed by atoms with Crippen LogP contribution < -0.4 is 0 Å². The lowest BCUT2D eigenvalue weighted by Gasteiger charge is -2.27. The summed E-state index contributed by atoms with van der Waals surface area (Å²) in [4.78, 5) is 39.7. The Morgan fingerprint density at radius 3 is 2.56 bits per heavy atom. The summed E-state index contributed by atoms with van der Waals surface area (Å²) in [6.07, 6.45) is 2.06. The molecule has 2 fully saturated rings. The summed E-state index contributed by atoms with van der Waals surface area (Å²) in [7, 11) is 0. The number of carbonyl (C=O) groups is 3. The molecule has 6 heteroatoms. The standard InChI is InChI=1S/C19H24N2O4/c1-13(19(24)25)10-21(16-7-8-16)18(23)15-9-17(22)20(12-15)11-14-5-3-2-4-6-14/h2-6,13,15-16H,7-12H2,1H3,(H,24,25). The molecular formula is C19H24N2O4. The fourth-order valence-electron chi connectivity index (χ4n) is 3.31. The lowest BCUT2D eigenvalue weighted by atomic mass is 10.1. The summed E-state index contributed by atoms with van der Waals surface area (Å²) in [5.41, 5.74) is 1.04. The van der Waals surface area contributed by atoms with Crippen LogP contribution in [0.5, 0.6) is 0 Å². The number of carboxylic acids is 1. The van der Waals surface area contributed by atoms with Gasteiger partial charge in [0.1, 0.15) is 0 Å². The predicted octanol–water partition coefficient (Wildman–Crippen LogP) is 1.75. The van der Waals surface area contributed by atoms with Gasteiger partial charge >= 0.3 is 5.97 Å². The van der Waals surface area contributed by atoms with Crippen LogP contribution in [0.25, 0.3) is 0 Å². The van der Waals surface area contributed by atoms with Crippen LogP contribution in [0.15, 0.2) is 30.3 Å². The highest BCUT2D eigenvalue weighted by Crippen LogP contribution is 2.31. The van der Waals surface area contributed by atoms with Gasteiger partial charge in [-0.25, -0.2) is 0 Å². The Bertz CT molecular complexity index is 657. The van der Waals surface area contributed by atoms with E-state index in [2.05, 4.69) is 0 Å². The third kappa shape index (κ3) is 4.18. The Morgan fingerprint density at radius 2 is 1.96 bits per heavy atom. The van der Waals surface area contributed by atoms with Gasteiger partial charge in [-0.05, 0) is 18.4 Å². The fraction of sp³-hybridized carbons (Fsp3) is 0.526. The van der Waals surface area contributed by atoms with E-state index in [4.69, 9.17) is 5.11 Å². The molecule has 2 atom stereocenters. The van der Waals surface area contributed by atoms with Crippen molar-refractivity contribution in [3.8, 4) is 0 Å². The average molecular weight is 344 g/mol. The van der Waals surface area contributed by atoms with Crippen LogP contribution in [0, 0.1) is 11.8 Å². The number of hydrogen-bond acceptors (Lipinski definition) is 3. The minimum atomic E-state index is -0.897. The highest BCUT2D eigenvalue weighted by atomic mass is 16.4. The first-order valence-electron chi connectivity index (χ1n) is 8.80. The molecule has 1 saturated carbocycles. The Morgan fingerprint density at radius 1 is 1.28 bits per heavy atom. The highest BCUT2D eigenvalue weighted by molar-refractivity contribution is 5.89. The number of rotatable bonds is 7. The number of hydrogen-bond donors (Lipinski definition) is 1. The van der Waals surface area contributed by atoms with Crippen LogP contribution in [0.4, 0.5) is 0 Å². The van der Waals surface area contributed by atoms with Crippen LogP contribution in [0.2, 0.25) is 0 Å². The van der Waals surface area contributed by atoms with Gasteiger partial charge in [0.05, 0.1) is 11.8 Å². The molecule has 1 aliphatic carbocycles. The van der Waals surface area contributed by atoms with Crippen LogP contribution in [-0.2, 0) is 20.9 Å². The van der Waals surface area contributed by atoms with Gasteiger partial charge in [0.2, 0.25) is 11.8 Å². The van der Waals surface area contributed by atoms with Gasteiger partial charge in [-0.3, -0.25) is 14.4 Å². The monoisotopic (exact) mass is 344 g/mol. The second-order valence-electron chi connectivity index (χ2n) is 7.12. The van der Waals surface area contributed by atoms with E-state index in [1.807, 2.05) is 30.3 Å². The minimum Gasteiger partial charge on any atom is -0.481 e. The van der Waals surface area contributed by atoms with Crippen molar-refractivity contribution >= 4 is 17.8 Å². The van der Waals surface area contributed by atoms with E-state index in [1.54, 1.807) is 16.7 Å². The molecule has 1 heterocycles. The van der Waals surface area contributed by atoms with E-state index in [-0.39, 0.29) is 36.7 Å². The van der Waals surface area contributed by atoms with Gasteiger partial charge in [-0.2, -0.15) is 0 Å². The molecule has 0 aromatic heterocycles. The molecule has 25 heavy (non-hydrogen) atoms. The van der Waals surface area contributed by atoms with Crippen LogP contribution in [-0.4, -0.2) is 51.8 Å². The Hall–Kier alpha value is -2.37. The van der Waals surface area contributed by atoms with Crippen LogP contribution in [0.1, 0.15) is 31.7 Å². The average Bonchev–Trinajstić information content (AvgIpc) is 3.37. The summed E-state index contributed by atoms with van der Waals surface area (Å²) in [6.45, 7) is 2.77. The van der Waals surface area contributed by atoms with Crippen molar-refractivity contribution in [2.24, 2.45) is 11.8 Å². The minimum absolute atomic E-state index is 0.00997. The first-order chi connectivity index (χ1) is 12.0.